The highest BCUT2D eigenvalue weighted by molar-refractivity contribution is 5.71. The molecule has 0 unspecified atom stereocenters. The van der Waals surface area contributed by atoms with E-state index in [0.29, 0.717) is 19.3 Å². The maximum atomic E-state index is 12.8. The van der Waals surface area contributed by atoms with E-state index in [2.05, 4.69) is 106 Å². The lowest BCUT2D eigenvalue weighted by molar-refractivity contribution is -0.167. The molecule has 0 aromatic rings. The maximum Gasteiger partial charge on any atom is 0.306 e. The Balaban J connectivity index is 4.40. The van der Waals surface area contributed by atoms with Crippen LogP contribution in [0.5, 0.6) is 0 Å². The van der Waals surface area contributed by atoms with Crippen LogP contribution in [0.4, 0.5) is 0 Å². The minimum atomic E-state index is -0.792. The average molecular weight is 877 g/mol. The van der Waals surface area contributed by atoms with Crippen molar-refractivity contribution in [1.82, 2.24) is 0 Å². The summed E-state index contributed by atoms with van der Waals surface area (Å²) in [6.07, 6.45) is 65.7. The highest BCUT2D eigenvalue weighted by atomic mass is 16.6. The molecule has 0 rings (SSSR count). The summed E-state index contributed by atoms with van der Waals surface area (Å²) >= 11 is 0. The van der Waals surface area contributed by atoms with Gasteiger partial charge in [-0.15, -0.1) is 0 Å². The molecule has 0 saturated heterocycles. The third-order valence-electron chi connectivity index (χ3n) is 10.9. The zero-order valence-corrected chi connectivity index (χ0v) is 41.1. The third kappa shape index (κ3) is 49.5. The molecule has 0 spiro atoms. The fourth-order valence-electron chi connectivity index (χ4n) is 6.97. The van der Waals surface area contributed by atoms with Crippen molar-refractivity contribution in [3.8, 4) is 0 Å². The molecule has 0 aliphatic carbocycles. The van der Waals surface area contributed by atoms with Gasteiger partial charge in [-0.05, 0) is 96.3 Å². The molecule has 0 aromatic carbocycles. The second-order valence-corrected chi connectivity index (χ2v) is 17.1. The van der Waals surface area contributed by atoms with Gasteiger partial charge in [0.15, 0.2) is 6.10 Å². The molecule has 63 heavy (non-hydrogen) atoms. The molecule has 0 fully saturated rings. The van der Waals surface area contributed by atoms with Crippen LogP contribution in [0.3, 0.4) is 0 Å². The third-order valence-corrected chi connectivity index (χ3v) is 10.9. The summed E-state index contributed by atoms with van der Waals surface area (Å²) in [5.41, 5.74) is 0. The van der Waals surface area contributed by atoms with Crippen LogP contribution in [0.2, 0.25) is 0 Å². The number of allylic oxidation sites excluding steroid dienone is 14. The molecule has 6 nitrogen and oxygen atoms in total. The minimum absolute atomic E-state index is 0.0898. The molecule has 0 aliphatic rings. The van der Waals surface area contributed by atoms with Crippen molar-refractivity contribution in [2.75, 3.05) is 13.2 Å². The molecule has 360 valence electrons. The molecule has 0 bridgehead atoms. The van der Waals surface area contributed by atoms with Crippen molar-refractivity contribution in [2.45, 2.75) is 245 Å². The van der Waals surface area contributed by atoms with E-state index in [9.17, 15) is 14.4 Å². The van der Waals surface area contributed by atoms with Gasteiger partial charge in [-0.1, -0.05) is 209 Å². The molecule has 0 aliphatic heterocycles. The van der Waals surface area contributed by atoms with Gasteiger partial charge in [0.2, 0.25) is 0 Å². The zero-order chi connectivity index (χ0) is 45.8. The van der Waals surface area contributed by atoms with Crippen molar-refractivity contribution in [2.24, 2.45) is 0 Å². The van der Waals surface area contributed by atoms with E-state index in [1.54, 1.807) is 0 Å². The Kier molecular flexibility index (Phi) is 48.5. The zero-order valence-electron chi connectivity index (χ0n) is 41.1. The van der Waals surface area contributed by atoms with Crippen LogP contribution < -0.4 is 0 Å². The van der Waals surface area contributed by atoms with Gasteiger partial charge >= 0.3 is 17.9 Å². The van der Waals surface area contributed by atoms with E-state index in [0.717, 1.165) is 109 Å². The molecule has 6 heteroatoms. The molecular formula is C57H96O6. The normalized spacial score (nSPS) is 12.7. The first-order valence-corrected chi connectivity index (χ1v) is 26.1. The number of carbonyl (C=O) groups is 3. The summed E-state index contributed by atoms with van der Waals surface area (Å²) in [6.45, 7) is 6.44. The van der Waals surface area contributed by atoms with Crippen molar-refractivity contribution in [3.05, 3.63) is 85.1 Å². The summed E-state index contributed by atoms with van der Waals surface area (Å²) in [6, 6.07) is 0. The van der Waals surface area contributed by atoms with Crippen LogP contribution in [-0.2, 0) is 28.6 Å². The number of ether oxygens (including phenoxy) is 3. The van der Waals surface area contributed by atoms with E-state index >= 15 is 0 Å². The Morgan fingerprint density at radius 1 is 0.333 bits per heavy atom. The highest BCUT2D eigenvalue weighted by Gasteiger charge is 2.19. The average Bonchev–Trinajstić information content (AvgIpc) is 3.28. The minimum Gasteiger partial charge on any atom is -0.462 e. The van der Waals surface area contributed by atoms with E-state index < -0.39 is 6.10 Å². The van der Waals surface area contributed by atoms with Crippen molar-refractivity contribution in [3.63, 3.8) is 0 Å². The van der Waals surface area contributed by atoms with Gasteiger partial charge < -0.3 is 14.2 Å². The van der Waals surface area contributed by atoms with Crippen molar-refractivity contribution < 1.29 is 28.6 Å². The van der Waals surface area contributed by atoms with E-state index in [1.165, 1.54) is 89.9 Å². The van der Waals surface area contributed by atoms with Gasteiger partial charge in [0, 0.05) is 19.3 Å². The Morgan fingerprint density at radius 3 is 1.02 bits per heavy atom. The van der Waals surface area contributed by atoms with E-state index in [1.807, 2.05) is 0 Å². The molecule has 0 radical (unpaired) electrons. The predicted molar refractivity (Wildman–Crippen MR) is 270 cm³/mol. The van der Waals surface area contributed by atoms with Gasteiger partial charge in [0.1, 0.15) is 13.2 Å². The first-order valence-electron chi connectivity index (χ1n) is 26.1. The van der Waals surface area contributed by atoms with Crippen molar-refractivity contribution in [1.29, 1.82) is 0 Å². The molecule has 0 amide bonds. The topological polar surface area (TPSA) is 78.9 Å². The van der Waals surface area contributed by atoms with Crippen LogP contribution in [-0.4, -0.2) is 37.2 Å². The van der Waals surface area contributed by atoms with Crippen LogP contribution in [0.15, 0.2) is 85.1 Å². The smallest absolute Gasteiger partial charge is 0.306 e. The summed E-state index contributed by atoms with van der Waals surface area (Å²) < 4.78 is 16.7. The van der Waals surface area contributed by atoms with Crippen LogP contribution in [0, 0.1) is 0 Å². The fourth-order valence-corrected chi connectivity index (χ4v) is 6.97. The quantitative estimate of drug-likeness (QED) is 0.0262. The lowest BCUT2D eigenvalue weighted by Gasteiger charge is -2.18. The second kappa shape index (κ2) is 51.2. The summed E-state index contributed by atoms with van der Waals surface area (Å²) in [4.78, 5) is 37.9. The molecular weight excluding hydrogens is 781 g/mol. The lowest BCUT2D eigenvalue weighted by Crippen LogP contribution is -2.30. The molecule has 0 aromatic heterocycles. The summed E-state index contributed by atoms with van der Waals surface area (Å²) in [7, 11) is 0. The Bertz CT molecular complexity index is 1240. The maximum absolute atomic E-state index is 12.8. The highest BCUT2D eigenvalue weighted by Crippen LogP contribution is 2.14. The number of unbranched alkanes of at least 4 members (excludes halogenated alkanes) is 21. The number of esters is 3. The monoisotopic (exact) mass is 877 g/mol. The Hall–Kier alpha value is -3.41. The van der Waals surface area contributed by atoms with Gasteiger partial charge in [-0.2, -0.15) is 0 Å². The number of carbonyl (C=O) groups excluding carboxylic acids is 3. The SMILES string of the molecule is CC/C=C\C/C=C\C/C=C\C/C=C\C/C=C\CCCCCC(=O)OC[C@@H](COC(=O)CCCCCCCCCCC)OC(=O)CCCCCCCCC/C=C\C/C=C\CCCCC. The number of hydrogen-bond donors (Lipinski definition) is 0. The lowest BCUT2D eigenvalue weighted by atomic mass is 10.1. The van der Waals surface area contributed by atoms with Gasteiger partial charge in [0.05, 0.1) is 0 Å². The van der Waals surface area contributed by atoms with Crippen LogP contribution in [0.1, 0.15) is 239 Å². The largest absolute Gasteiger partial charge is 0.462 e. The summed E-state index contributed by atoms with van der Waals surface area (Å²) in [5.74, 6) is -0.934. The summed E-state index contributed by atoms with van der Waals surface area (Å²) in [5, 5.41) is 0. The number of rotatable bonds is 46. The predicted octanol–water partition coefficient (Wildman–Crippen LogP) is 17.2. The van der Waals surface area contributed by atoms with Crippen molar-refractivity contribution >= 4 is 17.9 Å². The van der Waals surface area contributed by atoms with E-state index in [-0.39, 0.29) is 31.1 Å². The molecule has 0 heterocycles. The number of hydrogen-bond acceptors (Lipinski definition) is 6. The molecule has 1 atom stereocenters. The standard InChI is InChI=1S/C57H96O6/c1-4-7-10-13-16-19-21-23-25-27-28-30-31-33-35-38-41-44-47-50-56(59)62-53-54(52-61-55(58)49-46-43-40-37-18-15-12-9-6-3)63-57(60)51-48-45-42-39-36-34-32-29-26-24-22-20-17-14-11-8-5-2/h7,10,16-17,19-20,23-26,28,30,33,35,54H,4-6,8-9,11-15,18,21-22,27,29,31-32,34,36-53H2,1-3H3/b10-7-,19-16-,20-17-,25-23-,26-24-,30-28-,35-33-/t54-/m1/s1. The molecule has 0 N–H and O–H groups in total. The van der Waals surface area contributed by atoms with Crippen LogP contribution >= 0.6 is 0 Å². The fraction of sp³-hybridized carbons (Fsp3) is 0.702. The Labute approximate surface area is 388 Å². The molecule has 0 saturated carbocycles. The van der Waals surface area contributed by atoms with E-state index in [4.69, 9.17) is 14.2 Å². The van der Waals surface area contributed by atoms with Crippen LogP contribution in [0.25, 0.3) is 0 Å². The Morgan fingerprint density at radius 2 is 0.619 bits per heavy atom. The van der Waals surface area contributed by atoms with Gasteiger partial charge in [0.25, 0.3) is 0 Å². The second-order valence-electron chi connectivity index (χ2n) is 17.1. The first kappa shape index (κ1) is 59.6. The van der Waals surface area contributed by atoms with Gasteiger partial charge in [-0.25, -0.2) is 0 Å². The van der Waals surface area contributed by atoms with Gasteiger partial charge in [-0.3, -0.25) is 14.4 Å². The first-order chi connectivity index (χ1) is 31.0.